The van der Waals surface area contributed by atoms with Gasteiger partial charge in [0.25, 0.3) is 0 Å². The summed E-state index contributed by atoms with van der Waals surface area (Å²) in [4.78, 5) is 34.6. The summed E-state index contributed by atoms with van der Waals surface area (Å²) in [6.07, 6.45) is 41.9. The number of carbonyl (C=O) groups excluding carboxylic acids is 2. The van der Waals surface area contributed by atoms with E-state index in [1.807, 2.05) is 12.2 Å². The summed E-state index contributed by atoms with van der Waals surface area (Å²) >= 11 is 0. The second kappa shape index (κ2) is 36.8. The topological polar surface area (TPSA) is 108 Å². The van der Waals surface area contributed by atoms with E-state index in [1.165, 1.54) is 89.9 Å². The predicted molar refractivity (Wildman–Crippen MR) is 207 cm³/mol. The second-order valence-electron chi connectivity index (χ2n) is 12.9. The van der Waals surface area contributed by atoms with Crippen LogP contribution in [-0.4, -0.2) is 42.8 Å². The van der Waals surface area contributed by atoms with Crippen molar-refractivity contribution in [1.29, 1.82) is 0 Å². The van der Waals surface area contributed by atoms with Crippen LogP contribution in [0.25, 0.3) is 0 Å². The Balaban J connectivity index is 4.17. The highest BCUT2D eigenvalue weighted by Gasteiger charge is 2.25. The fourth-order valence-electron chi connectivity index (χ4n) is 5.29. The highest BCUT2D eigenvalue weighted by molar-refractivity contribution is 7.47. The molecule has 0 heterocycles. The van der Waals surface area contributed by atoms with E-state index in [0.717, 1.165) is 44.9 Å². The molecule has 0 bridgehead atoms. The first-order valence-electron chi connectivity index (χ1n) is 19.9. The van der Waals surface area contributed by atoms with Crippen LogP contribution in [0.4, 0.5) is 0 Å². The van der Waals surface area contributed by atoms with Crippen LogP contribution in [0, 0.1) is 0 Å². The van der Waals surface area contributed by atoms with Crippen molar-refractivity contribution >= 4 is 19.8 Å². The van der Waals surface area contributed by atoms with Gasteiger partial charge in [-0.2, -0.15) is 0 Å². The molecule has 0 rings (SSSR count). The zero-order valence-electron chi connectivity index (χ0n) is 32.0. The zero-order valence-corrected chi connectivity index (χ0v) is 32.9. The normalized spacial score (nSPS) is 13.9. The van der Waals surface area contributed by atoms with E-state index >= 15 is 0 Å². The molecule has 0 aromatic heterocycles. The molecular weight excluding hydrogens is 651 g/mol. The van der Waals surface area contributed by atoms with Crippen LogP contribution in [0.2, 0.25) is 0 Å². The number of phosphoric ester groups is 1. The van der Waals surface area contributed by atoms with Gasteiger partial charge in [-0.1, -0.05) is 165 Å². The van der Waals surface area contributed by atoms with Crippen molar-refractivity contribution in [3.63, 3.8) is 0 Å². The van der Waals surface area contributed by atoms with Crippen LogP contribution >= 0.6 is 7.82 Å². The summed E-state index contributed by atoms with van der Waals surface area (Å²) in [5.74, 6) is -0.891. The van der Waals surface area contributed by atoms with Crippen LogP contribution < -0.4 is 0 Å². The van der Waals surface area contributed by atoms with E-state index in [9.17, 15) is 19.0 Å². The highest BCUT2D eigenvalue weighted by atomic mass is 31.2. The lowest BCUT2D eigenvalue weighted by molar-refractivity contribution is -0.161. The number of carbonyl (C=O) groups is 2. The Morgan fingerprint density at radius 3 is 1.50 bits per heavy atom. The number of hydrogen-bond donors (Lipinski definition) is 1. The Kier molecular flexibility index (Phi) is 35.3. The summed E-state index contributed by atoms with van der Waals surface area (Å²) in [5.41, 5.74) is 0. The van der Waals surface area contributed by atoms with Crippen LogP contribution in [0.1, 0.15) is 175 Å². The summed E-state index contributed by atoms with van der Waals surface area (Å²) in [7, 11) is -4.29. The number of hydrogen-bond acceptors (Lipinski definition) is 7. The standard InChI is InChI=1S/C41H73O8P/c1-4-7-9-11-13-15-17-19-20-21-22-24-25-27-29-31-33-35-40(42)46-37-39(38-48-50(44,45)47-6-3)49-41(43)36-34-32-30-28-26-23-18-16-14-12-10-8-5-2/h8,10,14,16,23,26,30,32,39H,4-7,9,11-13,15,17-22,24-25,27-29,31,33-38H2,1-3H3,(H,44,45)/b10-8-,16-14-,26-23-,32-30-. The Morgan fingerprint density at radius 2 is 1.02 bits per heavy atom. The Morgan fingerprint density at radius 1 is 0.560 bits per heavy atom. The minimum Gasteiger partial charge on any atom is -0.462 e. The number of allylic oxidation sites excluding steroid dienone is 8. The molecule has 0 radical (unpaired) electrons. The monoisotopic (exact) mass is 725 g/mol. The zero-order chi connectivity index (χ0) is 36.8. The van der Waals surface area contributed by atoms with Crippen LogP contribution in [0.3, 0.4) is 0 Å². The van der Waals surface area contributed by atoms with Crippen molar-refractivity contribution in [1.82, 2.24) is 0 Å². The van der Waals surface area contributed by atoms with Gasteiger partial charge >= 0.3 is 19.8 Å². The summed E-state index contributed by atoms with van der Waals surface area (Å²) in [5, 5.41) is 0. The predicted octanol–water partition coefficient (Wildman–Crippen LogP) is 12.2. The van der Waals surface area contributed by atoms with Gasteiger partial charge in [-0.15, -0.1) is 0 Å². The third kappa shape index (κ3) is 35.8. The molecule has 2 atom stereocenters. The van der Waals surface area contributed by atoms with Crippen LogP contribution in [0.5, 0.6) is 0 Å². The molecule has 50 heavy (non-hydrogen) atoms. The number of unbranched alkanes of at least 4 members (excludes halogenated alkanes) is 16. The molecule has 0 aromatic carbocycles. The molecule has 0 amide bonds. The smallest absolute Gasteiger partial charge is 0.462 e. The minimum absolute atomic E-state index is 0.0125. The molecule has 2 unspecified atom stereocenters. The molecule has 8 nitrogen and oxygen atoms in total. The molecule has 0 aromatic rings. The molecule has 0 aliphatic rings. The molecule has 0 saturated carbocycles. The maximum atomic E-state index is 12.5. The maximum Gasteiger partial charge on any atom is 0.472 e. The fraction of sp³-hybridized carbons (Fsp3) is 0.756. The third-order valence-corrected chi connectivity index (χ3v) is 9.22. The van der Waals surface area contributed by atoms with Crippen LogP contribution in [-0.2, 0) is 32.7 Å². The van der Waals surface area contributed by atoms with Gasteiger partial charge in [0.2, 0.25) is 0 Å². The molecule has 290 valence electrons. The molecular formula is C41H73O8P. The van der Waals surface area contributed by atoms with Crippen molar-refractivity contribution in [2.45, 2.75) is 181 Å². The van der Waals surface area contributed by atoms with E-state index in [0.29, 0.717) is 6.42 Å². The van der Waals surface area contributed by atoms with Crippen molar-refractivity contribution in [3.05, 3.63) is 48.6 Å². The highest BCUT2D eigenvalue weighted by Crippen LogP contribution is 2.43. The fourth-order valence-corrected chi connectivity index (χ4v) is 6.05. The summed E-state index contributed by atoms with van der Waals surface area (Å²) in [6, 6.07) is 0. The Bertz CT molecular complexity index is 958. The average Bonchev–Trinajstić information content (AvgIpc) is 3.09. The average molecular weight is 725 g/mol. The van der Waals surface area contributed by atoms with Gasteiger partial charge in [0, 0.05) is 12.8 Å². The Labute approximate surface area is 306 Å². The van der Waals surface area contributed by atoms with Gasteiger partial charge in [0.1, 0.15) is 6.61 Å². The van der Waals surface area contributed by atoms with Gasteiger partial charge in [0.05, 0.1) is 13.2 Å². The Hall–Kier alpha value is -1.99. The van der Waals surface area contributed by atoms with Gasteiger partial charge in [-0.25, -0.2) is 4.57 Å². The van der Waals surface area contributed by atoms with E-state index in [4.69, 9.17) is 18.5 Å². The number of rotatable bonds is 36. The van der Waals surface area contributed by atoms with E-state index < -0.39 is 26.5 Å². The number of phosphoric acid groups is 1. The van der Waals surface area contributed by atoms with E-state index in [1.54, 1.807) is 6.92 Å². The van der Waals surface area contributed by atoms with E-state index in [-0.39, 0.29) is 32.0 Å². The third-order valence-electron chi connectivity index (χ3n) is 8.16. The van der Waals surface area contributed by atoms with Gasteiger partial charge < -0.3 is 14.4 Å². The maximum absolute atomic E-state index is 12.5. The first kappa shape index (κ1) is 48.0. The first-order chi connectivity index (χ1) is 24.3. The van der Waals surface area contributed by atoms with Gasteiger partial charge in [0.15, 0.2) is 6.10 Å². The molecule has 0 fully saturated rings. The van der Waals surface area contributed by atoms with Crippen molar-refractivity contribution in [2.24, 2.45) is 0 Å². The van der Waals surface area contributed by atoms with Crippen molar-refractivity contribution < 1.29 is 37.6 Å². The molecule has 0 aliphatic heterocycles. The largest absolute Gasteiger partial charge is 0.472 e. The molecule has 9 heteroatoms. The van der Waals surface area contributed by atoms with Gasteiger partial charge in [-0.05, 0) is 45.4 Å². The first-order valence-corrected chi connectivity index (χ1v) is 21.4. The van der Waals surface area contributed by atoms with E-state index in [2.05, 4.69) is 50.3 Å². The second-order valence-corrected chi connectivity index (χ2v) is 14.4. The lowest BCUT2D eigenvalue weighted by Crippen LogP contribution is -2.29. The summed E-state index contributed by atoms with van der Waals surface area (Å²) in [6.45, 7) is 5.27. The number of esters is 2. The van der Waals surface area contributed by atoms with Crippen molar-refractivity contribution in [3.8, 4) is 0 Å². The molecule has 0 aliphatic carbocycles. The SMILES string of the molecule is CC/C=C\C/C=C\C/C=C\C/C=C\CCC(=O)OC(COC(=O)CCCCCCCCCCCCCCCCCCC)COP(=O)(O)OCC. The lowest BCUT2D eigenvalue weighted by Gasteiger charge is -2.19. The molecule has 0 spiro atoms. The quantitative estimate of drug-likeness (QED) is 0.0294. The van der Waals surface area contributed by atoms with Crippen LogP contribution in [0.15, 0.2) is 48.6 Å². The molecule has 1 N–H and O–H groups in total. The molecule has 0 saturated heterocycles. The lowest BCUT2D eigenvalue weighted by atomic mass is 10.0. The number of ether oxygens (including phenoxy) is 2. The van der Waals surface area contributed by atoms with Crippen molar-refractivity contribution in [2.75, 3.05) is 19.8 Å². The summed E-state index contributed by atoms with van der Waals surface area (Å²) < 4.78 is 32.5. The van der Waals surface area contributed by atoms with Gasteiger partial charge in [-0.3, -0.25) is 18.6 Å². The minimum atomic E-state index is -4.29.